The minimum absolute atomic E-state index is 0.225. The van der Waals surface area contributed by atoms with Gasteiger partial charge in [0.25, 0.3) is 0 Å². The van der Waals surface area contributed by atoms with Crippen LogP contribution in [0, 0.1) is 5.92 Å². The molecule has 5 heteroatoms. The highest BCUT2D eigenvalue weighted by molar-refractivity contribution is 5.78. The number of hydrogen-bond acceptors (Lipinski definition) is 4. The van der Waals surface area contributed by atoms with Gasteiger partial charge in [-0.25, -0.2) is 0 Å². The van der Waals surface area contributed by atoms with Crippen LogP contribution in [0.15, 0.2) is 0 Å². The maximum absolute atomic E-state index is 12.1. The van der Waals surface area contributed by atoms with E-state index in [-0.39, 0.29) is 12.5 Å². The summed E-state index contributed by atoms with van der Waals surface area (Å²) in [6.45, 7) is 5.55. The Hall–Kier alpha value is -0.650. The molecule has 0 radical (unpaired) electrons. The number of rotatable bonds is 4. The lowest BCUT2D eigenvalue weighted by Crippen LogP contribution is -2.47. The van der Waals surface area contributed by atoms with Gasteiger partial charge in [-0.1, -0.05) is 0 Å². The molecule has 104 valence electrons. The molecule has 0 aromatic carbocycles. The van der Waals surface area contributed by atoms with E-state index in [0.29, 0.717) is 25.7 Å². The third-order valence-corrected chi connectivity index (χ3v) is 3.86. The minimum atomic E-state index is 0.225. The normalized spacial score (nSPS) is 26.3. The first-order valence-electron chi connectivity index (χ1n) is 6.98. The zero-order valence-corrected chi connectivity index (χ0v) is 11.0. The van der Waals surface area contributed by atoms with E-state index >= 15 is 0 Å². The summed E-state index contributed by atoms with van der Waals surface area (Å²) in [7, 11) is 0. The molecule has 2 heterocycles. The number of hydrogen-bond donors (Lipinski definition) is 1. The topological polar surface area (TPSA) is 53.0 Å². The van der Waals surface area contributed by atoms with Crippen LogP contribution in [0.3, 0.4) is 0 Å². The average Bonchev–Trinajstić information content (AvgIpc) is 2.40. The number of likely N-dealkylation sites (tertiary alicyclic amines) is 1. The zero-order valence-electron chi connectivity index (χ0n) is 11.0. The number of carbonyl (C=O) groups excluding carboxylic acids is 1. The highest BCUT2D eigenvalue weighted by Gasteiger charge is 2.24. The lowest BCUT2D eigenvalue weighted by Gasteiger charge is -2.34. The number of carbonyl (C=O) groups is 1. The molecule has 0 aromatic heterocycles. The predicted molar refractivity (Wildman–Crippen MR) is 68.3 cm³/mol. The fraction of sp³-hybridized carbons (Fsp3) is 0.923. The summed E-state index contributed by atoms with van der Waals surface area (Å²) in [5.41, 5.74) is 0. The van der Waals surface area contributed by atoms with Gasteiger partial charge in [-0.15, -0.1) is 0 Å². The monoisotopic (exact) mass is 256 g/mol. The Labute approximate surface area is 109 Å². The molecular formula is C13H24N2O3. The van der Waals surface area contributed by atoms with E-state index < -0.39 is 0 Å². The van der Waals surface area contributed by atoms with Gasteiger partial charge in [-0.05, 0) is 31.7 Å². The second kappa shape index (κ2) is 7.07. The standard InChI is InChI=1S/C13H24N2O3/c16-7-3-12-2-1-4-14(10-12)11-13(17)15-5-8-18-9-6-15/h12,16H,1-11H2. The Morgan fingerprint density at radius 2 is 2.06 bits per heavy atom. The van der Waals surface area contributed by atoms with Crippen LogP contribution < -0.4 is 0 Å². The second-order valence-corrected chi connectivity index (χ2v) is 5.25. The molecule has 2 saturated heterocycles. The Morgan fingerprint density at radius 3 is 2.78 bits per heavy atom. The van der Waals surface area contributed by atoms with E-state index in [9.17, 15) is 4.79 Å². The number of nitrogens with zero attached hydrogens (tertiary/aromatic N) is 2. The van der Waals surface area contributed by atoms with Crippen molar-refractivity contribution in [1.82, 2.24) is 9.80 Å². The van der Waals surface area contributed by atoms with E-state index in [4.69, 9.17) is 9.84 Å². The molecule has 18 heavy (non-hydrogen) atoms. The van der Waals surface area contributed by atoms with Crippen molar-refractivity contribution in [1.29, 1.82) is 0 Å². The molecule has 0 spiro atoms. The molecule has 2 aliphatic heterocycles. The molecule has 2 fully saturated rings. The molecule has 1 amide bonds. The fourth-order valence-electron chi connectivity index (χ4n) is 2.82. The van der Waals surface area contributed by atoms with Gasteiger partial charge in [-0.2, -0.15) is 0 Å². The van der Waals surface area contributed by atoms with E-state index in [1.807, 2.05) is 4.90 Å². The van der Waals surface area contributed by atoms with Gasteiger partial charge in [0.1, 0.15) is 0 Å². The molecule has 0 aromatic rings. The van der Waals surface area contributed by atoms with Crippen LogP contribution in [0.1, 0.15) is 19.3 Å². The van der Waals surface area contributed by atoms with E-state index in [2.05, 4.69) is 4.90 Å². The minimum Gasteiger partial charge on any atom is -0.396 e. The van der Waals surface area contributed by atoms with Crippen molar-refractivity contribution in [2.75, 3.05) is 52.5 Å². The largest absolute Gasteiger partial charge is 0.396 e. The SMILES string of the molecule is O=C(CN1CCCC(CCO)C1)N1CCOCC1. The zero-order chi connectivity index (χ0) is 12.8. The first-order valence-corrected chi connectivity index (χ1v) is 6.98. The Balaban J connectivity index is 1.75. The average molecular weight is 256 g/mol. The summed E-state index contributed by atoms with van der Waals surface area (Å²) < 4.78 is 5.25. The summed E-state index contributed by atoms with van der Waals surface area (Å²) >= 11 is 0. The molecular weight excluding hydrogens is 232 g/mol. The van der Waals surface area contributed by atoms with Gasteiger partial charge < -0.3 is 14.7 Å². The van der Waals surface area contributed by atoms with Crippen LogP contribution in [0.5, 0.6) is 0 Å². The molecule has 2 aliphatic rings. The van der Waals surface area contributed by atoms with Crippen LogP contribution >= 0.6 is 0 Å². The number of piperidine rings is 1. The van der Waals surface area contributed by atoms with E-state index in [1.165, 1.54) is 6.42 Å². The Morgan fingerprint density at radius 1 is 1.28 bits per heavy atom. The van der Waals surface area contributed by atoms with Crippen molar-refractivity contribution in [3.63, 3.8) is 0 Å². The van der Waals surface area contributed by atoms with Gasteiger partial charge in [0.05, 0.1) is 19.8 Å². The molecule has 2 rings (SSSR count). The predicted octanol–water partition coefficient (Wildman–Crippen LogP) is -0.0604. The fourth-order valence-corrected chi connectivity index (χ4v) is 2.82. The van der Waals surface area contributed by atoms with Crippen molar-refractivity contribution >= 4 is 5.91 Å². The van der Waals surface area contributed by atoms with Crippen LogP contribution in [-0.2, 0) is 9.53 Å². The third-order valence-electron chi connectivity index (χ3n) is 3.86. The van der Waals surface area contributed by atoms with Crippen molar-refractivity contribution in [3.05, 3.63) is 0 Å². The van der Waals surface area contributed by atoms with Gasteiger partial charge in [0.2, 0.25) is 5.91 Å². The molecule has 5 nitrogen and oxygen atoms in total. The summed E-state index contributed by atoms with van der Waals surface area (Å²) in [6.07, 6.45) is 3.19. The molecule has 0 saturated carbocycles. The maximum Gasteiger partial charge on any atom is 0.236 e. The maximum atomic E-state index is 12.1. The van der Waals surface area contributed by atoms with Gasteiger partial charge in [0, 0.05) is 26.2 Å². The molecule has 0 aliphatic carbocycles. The van der Waals surface area contributed by atoms with Crippen molar-refractivity contribution in [2.24, 2.45) is 5.92 Å². The lowest BCUT2D eigenvalue weighted by atomic mass is 9.95. The van der Waals surface area contributed by atoms with Gasteiger partial charge >= 0.3 is 0 Å². The number of ether oxygens (including phenoxy) is 1. The molecule has 1 unspecified atom stereocenters. The highest BCUT2D eigenvalue weighted by Crippen LogP contribution is 2.19. The summed E-state index contributed by atoms with van der Waals surface area (Å²) in [5.74, 6) is 0.782. The quantitative estimate of drug-likeness (QED) is 0.765. The number of aliphatic hydroxyl groups excluding tert-OH is 1. The number of morpholine rings is 1. The molecule has 1 N–H and O–H groups in total. The van der Waals surface area contributed by atoms with E-state index in [1.54, 1.807) is 0 Å². The Bertz CT molecular complexity index is 265. The third kappa shape index (κ3) is 3.93. The first kappa shape index (κ1) is 13.8. The van der Waals surface area contributed by atoms with Crippen LogP contribution in [0.2, 0.25) is 0 Å². The highest BCUT2D eigenvalue weighted by atomic mass is 16.5. The van der Waals surface area contributed by atoms with Crippen LogP contribution in [-0.4, -0.2) is 73.4 Å². The second-order valence-electron chi connectivity index (χ2n) is 5.25. The van der Waals surface area contributed by atoms with Crippen molar-refractivity contribution in [3.8, 4) is 0 Å². The Kier molecular flexibility index (Phi) is 5.41. The summed E-state index contributed by atoms with van der Waals surface area (Å²) in [6, 6.07) is 0. The lowest BCUT2D eigenvalue weighted by molar-refractivity contribution is -0.136. The smallest absolute Gasteiger partial charge is 0.236 e. The summed E-state index contributed by atoms with van der Waals surface area (Å²) in [4.78, 5) is 16.2. The molecule has 0 bridgehead atoms. The summed E-state index contributed by atoms with van der Waals surface area (Å²) in [5, 5.41) is 8.98. The first-order chi connectivity index (χ1) is 8.79. The van der Waals surface area contributed by atoms with Gasteiger partial charge in [0.15, 0.2) is 0 Å². The van der Waals surface area contributed by atoms with Gasteiger partial charge in [-0.3, -0.25) is 9.69 Å². The number of amides is 1. The van der Waals surface area contributed by atoms with Crippen LogP contribution in [0.4, 0.5) is 0 Å². The van der Waals surface area contributed by atoms with Crippen molar-refractivity contribution in [2.45, 2.75) is 19.3 Å². The molecule has 1 atom stereocenters. The van der Waals surface area contributed by atoms with Crippen LogP contribution in [0.25, 0.3) is 0 Å². The number of aliphatic hydroxyl groups is 1. The van der Waals surface area contributed by atoms with Crippen molar-refractivity contribution < 1.29 is 14.6 Å². The van der Waals surface area contributed by atoms with E-state index in [0.717, 1.165) is 39.0 Å².